The lowest BCUT2D eigenvalue weighted by Gasteiger charge is -2.15. The van der Waals surface area contributed by atoms with Gasteiger partial charge in [0.25, 0.3) is 0 Å². The van der Waals surface area contributed by atoms with Crippen molar-refractivity contribution in [2.75, 3.05) is 6.61 Å². The van der Waals surface area contributed by atoms with Crippen LogP contribution in [0.3, 0.4) is 0 Å². The first-order chi connectivity index (χ1) is 9.36. The van der Waals surface area contributed by atoms with E-state index in [2.05, 4.69) is 10.3 Å². The summed E-state index contributed by atoms with van der Waals surface area (Å²) >= 11 is 1.81. The lowest BCUT2D eigenvalue weighted by molar-refractivity contribution is 0.243. The van der Waals surface area contributed by atoms with Gasteiger partial charge in [0.1, 0.15) is 5.01 Å². The minimum absolute atomic E-state index is 0.0139. The first-order valence-electron chi connectivity index (χ1n) is 6.73. The molecule has 0 amide bonds. The van der Waals surface area contributed by atoms with Crippen LogP contribution in [-0.4, -0.2) is 16.7 Å². The smallest absolute Gasteiger partial charge is 0.107 e. The van der Waals surface area contributed by atoms with Crippen LogP contribution in [0.15, 0.2) is 30.3 Å². The Balaban J connectivity index is 1.64. The minimum Gasteiger partial charge on any atom is -0.394 e. The van der Waals surface area contributed by atoms with E-state index in [0.29, 0.717) is 0 Å². The molecule has 0 spiro atoms. The predicted octanol–water partition coefficient (Wildman–Crippen LogP) is 2.46. The van der Waals surface area contributed by atoms with Gasteiger partial charge in [-0.25, -0.2) is 4.98 Å². The van der Waals surface area contributed by atoms with E-state index < -0.39 is 0 Å². The summed E-state index contributed by atoms with van der Waals surface area (Å²) in [6, 6.07) is 10.0. The second-order valence-corrected chi connectivity index (χ2v) is 6.03. The highest BCUT2D eigenvalue weighted by Gasteiger charge is 2.17. The first kappa shape index (κ1) is 12.8. The van der Waals surface area contributed by atoms with E-state index in [9.17, 15) is 5.11 Å². The first-order valence-corrected chi connectivity index (χ1v) is 7.55. The van der Waals surface area contributed by atoms with Crippen LogP contribution in [0, 0.1) is 0 Å². The third kappa shape index (κ3) is 2.86. The molecular weight excluding hydrogens is 256 g/mol. The Morgan fingerprint density at radius 2 is 2.11 bits per heavy atom. The molecule has 1 aromatic heterocycles. The molecule has 1 aliphatic rings. The average Bonchev–Trinajstić information content (AvgIpc) is 3.01. The summed E-state index contributed by atoms with van der Waals surface area (Å²) in [5.74, 6) is 0. The molecule has 2 aromatic rings. The van der Waals surface area contributed by atoms with Crippen LogP contribution in [0.1, 0.15) is 33.6 Å². The zero-order valence-corrected chi connectivity index (χ0v) is 11.6. The molecule has 1 heterocycles. The SMILES string of the molecule is OCC(NCc1nc2c(s1)CCC2)c1ccccc1. The molecule has 3 nitrogen and oxygen atoms in total. The maximum Gasteiger partial charge on any atom is 0.107 e. The van der Waals surface area contributed by atoms with Crippen LogP contribution in [0.25, 0.3) is 0 Å². The Kier molecular flexibility index (Phi) is 3.92. The summed E-state index contributed by atoms with van der Waals surface area (Å²) in [6.45, 7) is 0.840. The van der Waals surface area contributed by atoms with Crippen molar-refractivity contribution in [3.63, 3.8) is 0 Å². The maximum absolute atomic E-state index is 9.50. The number of benzene rings is 1. The van der Waals surface area contributed by atoms with E-state index in [1.807, 2.05) is 41.7 Å². The Morgan fingerprint density at radius 3 is 2.84 bits per heavy atom. The Morgan fingerprint density at radius 1 is 1.26 bits per heavy atom. The van der Waals surface area contributed by atoms with Gasteiger partial charge in [0.2, 0.25) is 0 Å². The van der Waals surface area contributed by atoms with Gasteiger partial charge in [0.15, 0.2) is 0 Å². The number of aliphatic hydroxyl groups excluding tert-OH is 1. The van der Waals surface area contributed by atoms with Crippen LogP contribution in [0.4, 0.5) is 0 Å². The number of aryl methyl sites for hydroxylation is 2. The van der Waals surface area contributed by atoms with Crippen molar-refractivity contribution in [2.24, 2.45) is 0 Å². The summed E-state index contributed by atoms with van der Waals surface area (Å²) in [4.78, 5) is 6.12. The quantitative estimate of drug-likeness (QED) is 0.880. The van der Waals surface area contributed by atoms with Crippen LogP contribution < -0.4 is 5.32 Å². The van der Waals surface area contributed by atoms with Crippen LogP contribution in [0.2, 0.25) is 0 Å². The molecule has 1 unspecified atom stereocenters. The van der Waals surface area contributed by atoms with Crippen molar-refractivity contribution in [3.8, 4) is 0 Å². The van der Waals surface area contributed by atoms with E-state index in [4.69, 9.17) is 0 Å². The molecule has 3 rings (SSSR count). The van der Waals surface area contributed by atoms with Crippen LogP contribution in [-0.2, 0) is 19.4 Å². The maximum atomic E-state index is 9.50. The molecule has 0 fully saturated rings. The van der Waals surface area contributed by atoms with Gasteiger partial charge in [-0.1, -0.05) is 30.3 Å². The molecular formula is C15H18N2OS. The summed E-state index contributed by atoms with van der Waals surface area (Å²) in [5.41, 5.74) is 2.41. The predicted molar refractivity (Wildman–Crippen MR) is 77.2 cm³/mol. The Bertz CT molecular complexity index is 517. The highest BCUT2D eigenvalue weighted by molar-refractivity contribution is 7.11. The molecule has 0 bridgehead atoms. The normalized spacial score (nSPS) is 15.4. The molecule has 2 N–H and O–H groups in total. The van der Waals surface area contributed by atoms with E-state index in [0.717, 1.165) is 23.5 Å². The number of rotatable bonds is 5. The fourth-order valence-corrected chi connectivity index (χ4v) is 3.61. The van der Waals surface area contributed by atoms with Crippen LogP contribution in [0.5, 0.6) is 0 Å². The van der Waals surface area contributed by atoms with Crippen molar-refractivity contribution in [1.82, 2.24) is 10.3 Å². The molecule has 0 radical (unpaired) electrons. The highest BCUT2D eigenvalue weighted by atomic mass is 32.1. The van der Waals surface area contributed by atoms with E-state index in [-0.39, 0.29) is 12.6 Å². The fraction of sp³-hybridized carbons (Fsp3) is 0.400. The fourth-order valence-electron chi connectivity index (χ4n) is 2.50. The van der Waals surface area contributed by atoms with Crippen LogP contribution >= 0.6 is 11.3 Å². The number of nitrogens with one attached hydrogen (secondary N) is 1. The van der Waals surface area contributed by atoms with Gasteiger partial charge < -0.3 is 10.4 Å². The number of fused-ring (bicyclic) bond motifs is 1. The lowest BCUT2D eigenvalue weighted by Crippen LogP contribution is -2.23. The molecule has 1 aromatic carbocycles. The monoisotopic (exact) mass is 274 g/mol. The summed E-state index contributed by atoms with van der Waals surface area (Å²) < 4.78 is 0. The van der Waals surface area contributed by atoms with Gasteiger partial charge >= 0.3 is 0 Å². The third-order valence-corrected chi connectivity index (χ3v) is 4.68. The number of hydrogen-bond acceptors (Lipinski definition) is 4. The lowest BCUT2D eigenvalue weighted by atomic mass is 10.1. The molecule has 100 valence electrons. The Hall–Kier alpha value is -1.23. The molecule has 0 saturated heterocycles. The van der Waals surface area contributed by atoms with Gasteiger partial charge in [0.05, 0.1) is 18.3 Å². The van der Waals surface area contributed by atoms with Crippen molar-refractivity contribution in [3.05, 3.63) is 51.5 Å². The Labute approximate surface area is 117 Å². The molecule has 1 aliphatic carbocycles. The summed E-state index contributed by atoms with van der Waals surface area (Å²) in [6.07, 6.45) is 3.58. The van der Waals surface area contributed by atoms with E-state index in [1.54, 1.807) is 0 Å². The standard InChI is InChI=1S/C15H18N2OS/c18-10-13(11-5-2-1-3-6-11)16-9-15-17-12-7-4-8-14(12)19-15/h1-3,5-6,13,16,18H,4,7-10H2. The van der Waals surface area contributed by atoms with Gasteiger partial charge in [-0.05, 0) is 24.8 Å². The molecule has 19 heavy (non-hydrogen) atoms. The number of thiazole rings is 1. The second-order valence-electron chi connectivity index (χ2n) is 4.86. The van der Waals surface area contributed by atoms with Crippen molar-refractivity contribution in [2.45, 2.75) is 31.8 Å². The molecule has 1 atom stereocenters. The van der Waals surface area contributed by atoms with Gasteiger partial charge in [0, 0.05) is 11.4 Å². The molecule has 0 saturated carbocycles. The number of hydrogen-bond donors (Lipinski definition) is 2. The van der Waals surface area contributed by atoms with E-state index >= 15 is 0 Å². The average molecular weight is 274 g/mol. The van der Waals surface area contributed by atoms with Crippen molar-refractivity contribution in [1.29, 1.82) is 0 Å². The number of aliphatic hydroxyl groups is 1. The second kappa shape index (κ2) is 5.82. The number of nitrogens with zero attached hydrogens (tertiary/aromatic N) is 1. The highest BCUT2D eigenvalue weighted by Crippen LogP contribution is 2.27. The molecule has 0 aliphatic heterocycles. The largest absolute Gasteiger partial charge is 0.394 e. The third-order valence-electron chi connectivity index (χ3n) is 3.52. The van der Waals surface area contributed by atoms with Gasteiger partial charge in [-0.15, -0.1) is 11.3 Å². The van der Waals surface area contributed by atoms with Crippen molar-refractivity contribution < 1.29 is 5.11 Å². The van der Waals surface area contributed by atoms with Gasteiger partial charge in [-0.2, -0.15) is 0 Å². The molecule has 4 heteroatoms. The van der Waals surface area contributed by atoms with Gasteiger partial charge in [-0.3, -0.25) is 0 Å². The summed E-state index contributed by atoms with van der Waals surface area (Å²) in [7, 11) is 0. The van der Waals surface area contributed by atoms with E-state index in [1.165, 1.54) is 23.4 Å². The zero-order chi connectivity index (χ0) is 13.1. The van der Waals surface area contributed by atoms with Crippen molar-refractivity contribution >= 4 is 11.3 Å². The minimum atomic E-state index is -0.0139. The zero-order valence-electron chi connectivity index (χ0n) is 10.8. The topological polar surface area (TPSA) is 45.1 Å². The number of aromatic nitrogens is 1. The summed E-state index contributed by atoms with van der Waals surface area (Å²) in [5, 5.41) is 14.0.